The smallest absolute Gasteiger partial charge is 0.357 e. The lowest BCUT2D eigenvalue weighted by Crippen LogP contribution is -2.17. The van der Waals surface area contributed by atoms with Crippen molar-refractivity contribution in [3.63, 3.8) is 0 Å². The second-order valence-electron chi connectivity index (χ2n) is 4.30. The number of aromatic amines is 1. The van der Waals surface area contributed by atoms with Crippen LogP contribution >= 0.6 is 0 Å². The molecule has 7 nitrogen and oxygen atoms in total. The van der Waals surface area contributed by atoms with E-state index in [9.17, 15) is 13.2 Å². The lowest BCUT2D eigenvalue weighted by Gasteiger charge is -2.08. The van der Waals surface area contributed by atoms with Gasteiger partial charge in [0.2, 0.25) is 0 Å². The molecule has 0 unspecified atom stereocenters. The summed E-state index contributed by atoms with van der Waals surface area (Å²) in [6.45, 7) is 3.32. The van der Waals surface area contributed by atoms with Gasteiger partial charge in [0.25, 0.3) is 10.0 Å². The molecule has 0 radical (unpaired) electrons. The molecule has 0 saturated heterocycles. The van der Waals surface area contributed by atoms with Crippen molar-refractivity contribution in [2.45, 2.75) is 18.7 Å². The minimum atomic E-state index is -4.01. The number of rotatable bonds is 4. The fraction of sp³-hybridized carbons (Fsp3) is 0.167. The number of hydrogen-bond donors (Lipinski definition) is 3. The Morgan fingerprint density at radius 1 is 1.25 bits per heavy atom. The van der Waals surface area contributed by atoms with Gasteiger partial charge in [0.1, 0.15) is 4.90 Å². The average molecular weight is 295 g/mol. The molecule has 2 aromatic rings. The summed E-state index contributed by atoms with van der Waals surface area (Å²) in [4.78, 5) is 10.6. The molecule has 0 spiro atoms. The van der Waals surface area contributed by atoms with Crippen molar-refractivity contribution in [3.8, 4) is 0 Å². The molecule has 0 amide bonds. The van der Waals surface area contributed by atoms with E-state index in [1.807, 2.05) is 6.92 Å². The van der Waals surface area contributed by atoms with Gasteiger partial charge in [0, 0.05) is 5.69 Å². The van der Waals surface area contributed by atoms with Gasteiger partial charge in [0.15, 0.2) is 5.69 Å². The Labute approximate surface area is 115 Å². The maximum absolute atomic E-state index is 12.3. The van der Waals surface area contributed by atoms with Crippen LogP contribution in [-0.2, 0) is 10.0 Å². The Kier molecular flexibility index (Phi) is 3.49. The van der Waals surface area contributed by atoms with E-state index in [0.29, 0.717) is 5.69 Å². The quantitative estimate of drug-likeness (QED) is 0.791. The number of aromatic carboxylic acids is 1. The number of aryl methyl sites for hydroxylation is 2. The fourth-order valence-corrected chi connectivity index (χ4v) is 3.11. The molecule has 0 fully saturated rings. The molecule has 0 aliphatic carbocycles. The first kappa shape index (κ1) is 14.1. The fourth-order valence-electron chi connectivity index (χ4n) is 1.72. The van der Waals surface area contributed by atoms with Crippen molar-refractivity contribution in [1.29, 1.82) is 0 Å². The monoisotopic (exact) mass is 295 g/mol. The molecule has 2 rings (SSSR count). The first-order valence-electron chi connectivity index (χ1n) is 5.69. The van der Waals surface area contributed by atoms with Crippen molar-refractivity contribution < 1.29 is 18.3 Å². The Balaban J connectivity index is 2.43. The number of carboxylic acid groups (broad SMARTS) is 1. The number of benzene rings is 1. The zero-order valence-electron chi connectivity index (χ0n) is 10.8. The molecule has 0 atom stereocenters. The number of H-pyrrole nitrogens is 1. The predicted molar refractivity (Wildman–Crippen MR) is 72.3 cm³/mol. The van der Waals surface area contributed by atoms with E-state index in [0.717, 1.165) is 5.56 Å². The molecule has 8 heteroatoms. The average Bonchev–Trinajstić information content (AvgIpc) is 2.75. The molecule has 1 heterocycles. The van der Waals surface area contributed by atoms with Crippen LogP contribution in [0.3, 0.4) is 0 Å². The lowest BCUT2D eigenvalue weighted by atomic mass is 10.2. The van der Waals surface area contributed by atoms with Crippen molar-refractivity contribution in [2.75, 3.05) is 4.72 Å². The zero-order valence-corrected chi connectivity index (χ0v) is 11.7. The van der Waals surface area contributed by atoms with Crippen LogP contribution < -0.4 is 4.72 Å². The molecule has 0 aliphatic rings. The van der Waals surface area contributed by atoms with Crippen LogP contribution in [0.5, 0.6) is 0 Å². The molecule has 1 aromatic heterocycles. The number of carboxylic acids is 1. The molecule has 0 saturated carbocycles. The summed E-state index contributed by atoms with van der Waals surface area (Å²) < 4.78 is 26.9. The van der Waals surface area contributed by atoms with Crippen LogP contribution in [0.2, 0.25) is 0 Å². The van der Waals surface area contributed by atoms with E-state index in [2.05, 4.69) is 14.9 Å². The van der Waals surface area contributed by atoms with E-state index < -0.39 is 21.7 Å². The van der Waals surface area contributed by atoms with Gasteiger partial charge >= 0.3 is 5.97 Å². The van der Waals surface area contributed by atoms with Crippen LogP contribution in [0.15, 0.2) is 29.2 Å². The molecule has 1 aromatic carbocycles. The topological polar surface area (TPSA) is 112 Å². The van der Waals surface area contributed by atoms with Crippen molar-refractivity contribution in [2.24, 2.45) is 0 Å². The summed E-state index contributed by atoms with van der Waals surface area (Å²) in [5.41, 5.74) is 0.982. The third-order valence-corrected chi connectivity index (χ3v) is 4.21. The number of sulfonamides is 1. The van der Waals surface area contributed by atoms with Gasteiger partial charge < -0.3 is 5.11 Å². The molecule has 20 heavy (non-hydrogen) atoms. The Morgan fingerprint density at radius 2 is 1.85 bits per heavy atom. The number of hydrogen-bond acceptors (Lipinski definition) is 4. The summed E-state index contributed by atoms with van der Waals surface area (Å²) in [6.07, 6.45) is 0. The first-order chi connectivity index (χ1) is 9.31. The van der Waals surface area contributed by atoms with Crippen LogP contribution in [0.1, 0.15) is 21.7 Å². The third-order valence-electron chi connectivity index (χ3n) is 2.67. The second-order valence-corrected chi connectivity index (χ2v) is 5.92. The summed E-state index contributed by atoms with van der Waals surface area (Å²) in [5.74, 6) is -1.40. The van der Waals surface area contributed by atoms with E-state index in [1.54, 1.807) is 24.3 Å². The molecule has 0 aliphatic heterocycles. The van der Waals surface area contributed by atoms with Gasteiger partial charge in [-0.2, -0.15) is 5.10 Å². The number of anilines is 1. The Hall–Kier alpha value is -2.35. The lowest BCUT2D eigenvalue weighted by molar-refractivity contribution is 0.0686. The van der Waals surface area contributed by atoms with Crippen LogP contribution in [0.4, 0.5) is 5.69 Å². The summed E-state index contributed by atoms with van der Waals surface area (Å²) in [7, 11) is -4.01. The molecular formula is C12H13N3O4S. The highest BCUT2D eigenvalue weighted by atomic mass is 32.2. The maximum atomic E-state index is 12.3. The third kappa shape index (κ3) is 2.64. The van der Waals surface area contributed by atoms with E-state index >= 15 is 0 Å². The van der Waals surface area contributed by atoms with Crippen molar-refractivity contribution in [1.82, 2.24) is 10.2 Å². The van der Waals surface area contributed by atoms with Crippen molar-refractivity contribution in [3.05, 3.63) is 41.2 Å². The van der Waals surface area contributed by atoms with E-state index in [1.165, 1.54) is 6.92 Å². The number of carbonyl (C=O) groups is 1. The first-order valence-corrected chi connectivity index (χ1v) is 7.17. The number of nitrogens with zero attached hydrogens (tertiary/aromatic N) is 1. The Bertz CT molecular complexity index is 748. The number of nitrogens with one attached hydrogen (secondary N) is 2. The van der Waals surface area contributed by atoms with E-state index in [-0.39, 0.29) is 10.6 Å². The minimum Gasteiger partial charge on any atom is -0.476 e. The molecule has 0 bridgehead atoms. The van der Waals surface area contributed by atoms with E-state index in [4.69, 9.17) is 5.11 Å². The maximum Gasteiger partial charge on any atom is 0.357 e. The Morgan fingerprint density at radius 3 is 2.40 bits per heavy atom. The predicted octanol–water partition coefficient (Wildman–Crippen LogP) is 1.53. The van der Waals surface area contributed by atoms with Gasteiger partial charge in [-0.05, 0) is 26.0 Å². The summed E-state index contributed by atoms with van der Waals surface area (Å²) >= 11 is 0. The summed E-state index contributed by atoms with van der Waals surface area (Å²) in [5, 5.41) is 14.8. The normalized spacial score (nSPS) is 11.3. The van der Waals surface area contributed by atoms with Gasteiger partial charge in [-0.3, -0.25) is 9.82 Å². The number of aromatic nitrogens is 2. The largest absolute Gasteiger partial charge is 0.476 e. The zero-order chi connectivity index (χ0) is 14.9. The second kappa shape index (κ2) is 4.97. The molecule has 3 N–H and O–H groups in total. The highest BCUT2D eigenvalue weighted by Gasteiger charge is 2.28. The highest BCUT2D eigenvalue weighted by Crippen LogP contribution is 2.21. The minimum absolute atomic E-state index is 0.169. The van der Waals surface area contributed by atoms with Crippen LogP contribution in [0.25, 0.3) is 0 Å². The SMILES string of the molecule is Cc1ccc(NS(=O)(=O)c2c(C(=O)O)n[nH]c2C)cc1. The summed E-state index contributed by atoms with van der Waals surface area (Å²) in [6, 6.07) is 6.70. The van der Waals surface area contributed by atoms with Crippen molar-refractivity contribution >= 4 is 21.7 Å². The van der Waals surface area contributed by atoms with Crippen LogP contribution in [0, 0.1) is 13.8 Å². The molecular weight excluding hydrogens is 282 g/mol. The van der Waals surface area contributed by atoms with Gasteiger partial charge in [-0.15, -0.1) is 0 Å². The standard InChI is InChI=1S/C12H13N3O4S/c1-7-3-5-9(6-4-7)15-20(18,19)11-8(2)13-14-10(11)12(16)17/h3-6,15H,1-2H3,(H,13,14)(H,16,17). The van der Waals surface area contributed by atoms with Gasteiger partial charge in [0.05, 0.1) is 5.69 Å². The van der Waals surface area contributed by atoms with Crippen LogP contribution in [-0.4, -0.2) is 29.7 Å². The highest BCUT2D eigenvalue weighted by molar-refractivity contribution is 7.92. The van der Waals surface area contributed by atoms with Gasteiger partial charge in [-0.1, -0.05) is 17.7 Å². The van der Waals surface area contributed by atoms with Gasteiger partial charge in [-0.25, -0.2) is 13.2 Å². The molecule has 106 valence electrons.